The van der Waals surface area contributed by atoms with Gasteiger partial charge in [0.1, 0.15) is 0 Å². The van der Waals surface area contributed by atoms with Gasteiger partial charge < -0.3 is 19.9 Å². The Morgan fingerprint density at radius 3 is 3.00 bits per heavy atom. The molecule has 98 valence electrons. The van der Waals surface area contributed by atoms with Crippen molar-refractivity contribution in [3.8, 4) is 11.5 Å². The van der Waals surface area contributed by atoms with Crippen molar-refractivity contribution in [1.82, 2.24) is 5.32 Å². The maximum Gasteiger partial charge on any atom is 0.306 e. The van der Waals surface area contributed by atoms with Crippen LogP contribution in [0.15, 0.2) is 18.2 Å². The predicted octanol–water partition coefficient (Wildman–Crippen LogP) is 1.62. The van der Waals surface area contributed by atoms with Crippen molar-refractivity contribution in [3.63, 3.8) is 0 Å². The van der Waals surface area contributed by atoms with Gasteiger partial charge in [-0.3, -0.25) is 4.79 Å². The molecule has 1 unspecified atom stereocenters. The molecule has 0 aromatic heterocycles. The number of hydrogen-bond acceptors (Lipinski definition) is 4. The van der Waals surface area contributed by atoms with E-state index in [4.69, 9.17) is 14.6 Å². The highest BCUT2D eigenvalue weighted by Crippen LogP contribution is 2.32. The van der Waals surface area contributed by atoms with E-state index in [9.17, 15) is 4.79 Å². The van der Waals surface area contributed by atoms with E-state index >= 15 is 0 Å². The Hall–Kier alpha value is -1.75. The van der Waals surface area contributed by atoms with E-state index < -0.39 is 5.97 Å². The molecule has 0 saturated carbocycles. The number of carboxylic acids is 1. The molecule has 1 aromatic carbocycles. The summed E-state index contributed by atoms with van der Waals surface area (Å²) in [7, 11) is 0. The van der Waals surface area contributed by atoms with Gasteiger partial charge in [-0.05, 0) is 30.7 Å². The van der Waals surface area contributed by atoms with E-state index in [1.807, 2.05) is 18.2 Å². The highest BCUT2D eigenvalue weighted by Gasteiger charge is 2.13. The molecule has 0 fully saturated rings. The highest BCUT2D eigenvalue weighted by molar-refractivity contribution is 5.69. The SMILES string of the molecule is CC(CCNCc1ccc2c(c1)OCO2)C(=O)O. The third kappa shape index (κ3) is 3.13. The van der Waals surface area contributed by atoms with Crippen LogP contribution in [-0.2, 0) is 11.3 Å². The minimum Gasteiger partial charge on any atom is -0.481 e. The first kappa shape index (κ1) is 12.7. The third-order valence-corrected chi connectivity index (χ3v) is 2.94. The van der Waals surface area contributed by atoms with Gasteiger partial charge in [0.2, 0.25) is 6.79 Å². The molecule has 1 aromatic rings. The number of aliphatic carboxylic acids is 1. The van der Waals surface area contributed by atoms with Gasteiger partial charge in [-0.1, -0.05) is 13.0 Å². The van der Waals surface area contributed by atoms with Crippen LogP contribution in [-0.4, -0.2) is 24.4 Å². The van der Waals surface area contributed by atoms with Gasteiger partial charge in [0.25, 0.3) is 0 Å². The molecule has 2 rings (SSSR count). The zero-order valence-corrected chi connectivity index (χ0v) is 10.3. The Bertz CT molecular complexity index is 433. The largest absolute Gasteiger partial charge is 0.481 e. The standard InChI is InChI=1S/C13H17NO4/c1-9(13(15)16)4-5-14-7-10-2-3-11-12(6-10)18-8-17-11/h2-3,6,9,14H,4-5,7-8H2,1H3,(H,15,16). The number of ether oxygens (including phenoxy) is 2. The summed E-state index contributed by atoms with van der Waals surface area (Å²) in [4.78, 5) is 10.6. The monoisotopic (exact) mass is 251 g/mol. The zero-order valence-electron chi connectivity index (χ0n) is 10.3. The molecule has 1 aliphatic rings. The second-order valence-corrected chi connectivity index (χ2v) is 4.39. The van der Waals surface area contributed by atoms with Crippen molar-refractivity contribution in [2.24, 2.45) is 5.92 Å². The number of nitrogens with one attached hydrogen (secondary N) is 1. The smallest absolute Gasteiger partial charge is 0.306 e. The van der Waals surface area contributed by atoms with Crippen molar-refractivity contribution in [2.45, 2.75) is 19.9 Å². The maximum atomic E-state index is 10.6. The zero-order chi connectivity index (χ0) is 13.0. The molecule has 2 N–H and O–H groups in total. The topological polar surface area (TPSA) is 67.8 Å². The van der Waals surface area contributed by atoms with Gasteiger partial charge in [-0.2, -0.15) is 0 Å². The van der Waals surface area contributed by atoms with Gasteiger partial charge in [0, 0.05) is 6.54 Å². The summed E-state index contributed by atoms with van der Waals surface area (Å²) in [5.41, 5.74) is 1.10. The van der Waals surface area contributed by atoms with Crippen LogP contribution in [0.5, 0.6) is 11.5 Å². The van der Waals surface area contributed by atoms with E-state index in [0.29, 0.717) is 19.5 Å². The number of fused-ring (bicyclic) bond motifs is 1. The number of carboxylic acid groups (broad SMARTS) is 1. The van der Waals surface area contributed by atoms with Crippen LogP contribution in [0, 0.1) is 5.92 Å². The van der Waals surface area contributed by atoms with Crippen LogP contribution in [0.25, 0.3) is 0 Å². The number of benzene rings is 1. The summed E-state index contributed by atoms with van der Waals surface area (Å²) < 4.78 is 10.5. The summed E-state index contributed by atoms with van der Waals surface area (Å²) in [6.07, 6.45) is 0.625. The molecule has 1 heterocycles. The maximum absolute atomic E-state index is 10.6. The van der Waals surface area contributed by atoms with Crippen LogP contribution < -0.4 is 14.8 Å². The molecule has 18 heavy (non-hydrogen) atoms. The van der Waals surface area contributed by atoms with Crippen molar-refractivity contribution in [2.75, 3.05) is 13.3 Å². The molecule has 1 aliphatic heterocycles. The molecule has 5 heteroatoms. The van der Waals surface area contributed by atoms with Crippen LogP contribution in [0.4, 0.5) is 0 Å². The number of carbonyl (C=O) groups is 1. The van der Waals surface area contributed by atoms with Crippen LogP contribution in [0.1, 0.15) is 18.9 Å². The molecule has 0 bridgehead atoms. The average Bonchev–Trinajstić information content (AvgIpc) is 2.81. The summed E-state index contributed by atoms with van der Waals surface area (Å²) in [5.74, 6) is 0.487. The summed E-state index contributed by atoms with van der Waals surface area (Å²) >= 11 is 0. The molecular formula is C13H17NO4. The molecule has 0 saturated heterocycles. The Labute approximate surface area is 106 Å². The van der Waals surface area contributed by atoms with E-state index in [1.54, 1.807) is 6.92 Å². The highest BCUT2D eigenvalue weighted by atomic mass is 16.7. The van der Waals surface area contributed by atoms with Gasteiger partial charge in [0.15, 0.2) is 11.5 Å². The second kappa shape index (κ2) is 5.73. The lowest BCUT2D eigenvalue weighted by Gasteiger charge is -2.08. The van der Waals surface area contributed by atoms with Gasteiger partial charge in [-0.25, -0.2) is 0 Å². The minimum absolute atomic E-state index is 0.280. The molecule has 0 spiro atoms. The molecule has 0 radical (unpaired) electrons. The molecule has 1 atom stereocenters. The van der Waals surface area contributed by atoms with Gasteiger partial charge in [0.05, 0.1) is 5.92 Å². The first-order chi connectivity index (χ1) is 8.66. The first-order valence-corrected chi connectivity index (χ1v) is 5.99. The van der Waals surface area contributed by atoms with Crippen molar-refractivity contribution >= 4 is 5.97 Å². The average molecular weight is 251 g/mol. The lowest BCUT2D eigenvalue weighted by molar-refractivity contribution is -0.141. The Balaban J connectivity index is 1.75. The van der Waals surface area contributed by atoms with E-state index in [2.05, 4.69) is 5.32 Å². The normalized spacial score (nSPS) is 14.5. The Morgan fingerprint density at radius 2 is 2.22 bits per heavy atom. The summed E-state index contributed by atoms with van der Waals surface area (Å²) in [5, 5.41) is 12.0. The molecular weight excluding hydrogens is 234 g/mol. The minimum atomic E-state index is -0.750. The van der Waals surface area contributed by atoms with Crippen molar-refractivity contribution in [3.05, 3.63) is 23.8 Å². The first-order valence-electron chi connectivity index (χ1n) is 5.99. The number of hydrogen-bond donors (Lipinski definition) is 2. The predicted molar refractivity (Wildman–Crippen MR) is 65.7 cm³/mol. The summed E-state index contributed by atoms with van der Waals surface area (Å²) in [6.45, 7) is 3.37. The van der Waals surface area contributed by atoms with E-state index in [0.717, 1.165) is 17.1 Å². The number of rotatable bonds is 6. The van der Waals surface area contributed by atoms with E-state index in [1.165, 1.54) is 0 Å². The fourth-order valence-electron chi connectivity index (χ4n) is 1.73. The molecule has 0 aliphatic carbocycles. The van der Waals surface area contributed by atoms with Crippen LogP contribution in [0.2, 0.25) is 0 Å². The Kier molecular flexibility index (Phi) is 4.04. The summed E-state index contributed by atoms with van der Waals surface area (Å²) in [6, 6.07) is 5.80. The van der Waals surface area contributed by atoms with Crippen LogP contribution in [0.3, 0.4) is 0 Å². The lowest BCUT2D eigenvalue weighted by atomic mass is 10.1. The fraction of sp³-hybridized carbons (Fsp3) is 0.462. The van der Waals surface area contributed by atoms with Crippen molar-refractivity contribution < 1.29 is 19.4 Å². The van der Waals surface area contributed by atoms with Crippen molar-refractivity contribution in [1.29, 1.82) is 0 Å². The second-order valence-electron chi connectivity index (χ2n) is 4.39. The van der Waals surface area contributed by atoms with E-state index in [-0.39, 0.29) is 12.7 Å². The molecule has 5 nitrogen and oxygen atoms in total. The van der Waals surface area contributed by atoms with Gasteiger partial charge in [-0.15, -0.1) is 0 Å². The van der Waals surface area contributed by atoms with Gasteiger partial charge >= 0.3 is 5.97 Å². The quantitative estimate of drug-likeness (QED) is 0.752. The molecule has 0 amide bonds. The Morgan fingerprint density at radius 1 is 1.44 bits per heavy atom. The third-order valence-electron chi connectivity index (χ3n) is 2.94. The lowest BCUT2D eigenvalue weighted by Crippen LogP contribution is -2.20. The fourth-order valence-corrected chi connectivity index (χ4v) is 1.73. The van der Waals surface area contributed by atoms with Crippen LogP contribution >= 0.6 is 0 Å².